The van der Waals surface area contributed by atoms with Gasteiger partial charge in [-0.15, -0.1) is 0 Å². The summed E-state index contributed by atoms with van der Waals surface area (Å²) in [7, 11) is 0. The maximum atomic E-state index is 13.8. The Hall–Kier alpha value is -4.50. The quantitative estimate of drug-likeness (QED) is 0.383. The van der Waals surface area contributed by atoms with E-state index in [1.807, 2.05) is 48.5 Å². The molecule has 0 N–H and O–H groups in total. The van der Waals surface area contributed by atoms with Crippen LogP contribution in [0.5, 0.6) is 11.5 Å². The number of hydrogen-bond acceptors (Lipinski definition) is 8. The van der Waals surface area contributed by atoms with Crippen LogP contribution in [0, 0.1) is 0 Å². The molecule has 0 unspecified atom stereocenters. The van der Waals surface area contributed by atoms with E-state index in [9.17, 15) is 9.59 Å². The lowest BCUT2D eigenvalue weighted by Gasteiger charge is -2.26. The Bertz CT molecular complexity index is 1710. The molecule has 0 amide bonds. The second-order valence-corrected chi connectivity index (χ2v) is 9.33. The monoisotopic (exact) mass is 511 g/mol. The van der Waals surface area contributed by atoms with Crippen LogP contribution in [0.25, 0.3) is 11.8 Å². The molecular formula is C28H21N3O5S. The van der Waals surface area contributed by atoms with E-state index in [1.165, 1.54) is 11.3 Å². The van der Waals surface area contributed by atoms with Crippen LogP contribution in [0.2, 0.25) is 0 Å². The molecule has 2 aromatic heterocycles. The second-order valence-electron chi connectivity index (χ2n) is 8.32. The second kappa shape index (κ2) is 9.51. The summed E-state index contributed by atoms with van der Waals surface area (Å²) in [6, 6.07) is 17.8. The lowest BCUT2D eigenvalue weighted by atomic mass is 9.93. The van der Waals surface area contributed by atoms with Crippen LogP contribution in [-0.2, 0) is 9.53 Å². The zero-order valence-electron chi connectivity index (χ0n) is 19.8. The van der Waals surface area contributed by atoms with E-state index in [0.29, 0.717) is 32.1 Å². The van der Waals surface area contributed by atoms with E-state index in [1.54, 1.807) is 42.1 Å². The van der Waals surface area contributed by atoms with Gasteiger partial charge < -0.3 is 14.2 Å². The first-order valence-corrected chi connectivity index (χ1v) is 12.5. The summed E-state index contributed by atoms with van der Waals surface area (Å²) < 4.78 is 18.7. The predicted molar refractivity (Wildman–Crippen MR) is 138 cm³/mol. The third kappa shape index (κ3) is 4.13. The number of esters is 1. The Labute approximate surface area is 215 Å². The number of nitrogens with zero attached hydrogens (tertiary/aromatic N) is 3. The number of rotatable bonds is 5. The van der Waals surface area contributed by atoms with Gasteiger partial charge in [-0.25, -0.2) is 9.79 Å². The van der Waals surface area contributed by atoms with Gasteiger partial charge in [0.05, 0.1) is 28.5 Å². The Balaban J connectivity index is 1.66. The van der Waals surface area contributed by atoms with Crippen molar-refractivity contribution in [1.82, 2.24) is 9.55 Å². The minimum absolute atomic E-state index is 0.114. The molecule has 0 bridgehead atoms. The highest BCUT2D eigenvalue weighted by Gasteiger charge is 2.36. The number of benzene rings is 2. The van der Waals surface area contributed by atoms with Crippen LogP contribution < -0.4 is 24.4 Å². The van der Waals surface area contributed by atoms with Gasteiger partial charge >= 0.3 is 5.97 Å². The molecule has 4 aromatic rings. The molecule has 0 spiro atoms. The summed E-state index contributed by atoms with van der Waals surface area (Å²) in [5.74, 6) is 0.632. The normalized spacial score (nSPS) is 16.4. The largest absolute Gasteiger partial charge is 0.463 e. The fourth-order valence-electron chi connectivity index (χ4n) is 4.45. The lowest BCUT2D eigenvalue weighted by molar-refractivity contribution is -0.138. The Morgan fingerprint density at radius 1 is 1.11 bits per heavy atom. The molecule has 2 aliphatic rings. The van der Waals surface area contributed by atoms with Crippen molar-refractivity contribution in [2.24, 2.45) is 4.99 Å². The Morgan fingerprint density at radius 2 is 1.89 bits per heavy atom. The van der Waals surface area contributed by atoms with Crippen molar-refractivity contribution in [3.05, 3.63) is 115 Å². The molecule has 37 heavy (non-hydrogen) atoms. The van der Waals surface area contributed by atoms with Gasteiger partial charge in [0.25, 0.3) is 5.56 Å². The predicted octanol–water partition coefficient (Wildman–Crippen LogP) is 3.06. The van der Waals surface area contributed by atoms with E-state index >= 15 is 0 Å². The highest BCUT2D eigenvalue weighted by atomic mass is 32.1. The molecule has 184 valence electrons. The van der Waals surface area contributed by atoms with Gasteiger partial charge in [0.2, 0.25) is 6.79 Å². The van der Waals surface area contributed by atoms with E-state index in [0.717, 1.165) is 11.1 Å². The van der Waals surface area contributed by atoms with Gasteiger partial charge in [0, 0.05) is 18.0 Å². The summed E-state index contributed by atoms with van der Waals surface area (Å²) in [4.78, 5) is 36.7. The zero-order chi connectivity index (χ0) is 25.4. The summed E-state index contributed by atoms with van der Waals surface area (Å²) in [6.45, 7) is 2.05. The average Bonchev–Trinajstić information content (AvgIpc) is 3.52. The van der Waals surface area contributed by atoms with Crippen molar-refractivity contribution in [3.63, 3.8) is 0 Å². The third-order valence-electron chi connectivity index (χ3n) is 6.09. The molecule has 8 nitrogen and oxygen atoms in total. The molecule has 0 radical (unpaired) electrons. The molecule has 0 saturated carbocycles. The summed E-state index contributed by atoms with van der Waals surface area (Å²) >= 11 is 1.27. The van der Waals surface area contributed by atoms with Crippen LogP contribution in [0.3, 0.4) is 0 Å². The minimum Gasteiger partial charge on any atom is -0.463 e. The number of ether oxygens (including phenoxy) is 3. The molecule has 0 fully saturated rings. The van der Waals surface area contributed by atoms with Crippen molar-refractivity contribution in [3.8, 4) is 11.5 Å². The molecule has 0 saturated heterocycles. The number of hydrogen-bond donors (Lipinski definition) is 0. The minimum atomic E-state index is -0.778. The highest BCUT2D eigenvalue weighted by Crippen LogP contribution is 2.39. The van der Waals surface area contributed by atoms with Crippen molar-refractivity contribution >= 4 is 29.1 Å². The zero-order valence-corrected chi connectivity index (χ0v) is 20.6. The van der Waals surface area contributed by atoms with Crippen LogP contribution in [0.1, 0.15) is 29.7 Å². The molecule has 6 rings (SSSR count). The van der Waals surface area contributed by atoms with Crippen molar-refractivity contribution in [2.45, 2.75) is 13.0 Å². The molecule has 9 heteroatoms. The van der Waals surface area contributed by atoms with Crippen LogP contribution in [0.15, 0.2) is 88.4 Å². The topological polar surface area (TPSA) is 92.0 Å². The third-order valence-corrected chi connectivity index (χ3v) is 7.07. The molecule has 4 heterocycles. The standard InChI is InChI=1S/C28H21N3O5S/c1-2-34-27(33)23-24(18-6-4-3-5-7-18)30-28-31(25(23)19-8-9-20-21(15-19)36-16-35-20)26(32)22(37-28)14-17-10-12-29-13-11-17/h3-15,25H,2,16H2,1H3/t25-/m0/s1. The smallest absolute Gasteiger partial charge is 0.338 e. The van der Waals surface area contributed by atoms with Crippen LogP contribution in [0.4, 0.5) is 0 Å². The van der Waals surface area contributed by atoms with E-state index in [2.05, 4.69) is 4.98 Å². The van der Waals surface area contributed by atoms with E-state index in [-0.39, 0.29) is 24.5 Å². The molecule has 0 aliphatic carbocycles. The summed E-state index contributed by atoms with van der Waals surface area (Å²) in [5, 5.41) is 0. The molecule has 1 atom stereocenters. The molecular weight excluding hydrogens is 490 g/mol. The first-order chi connectivity index (χ1) is 18.1. The fourth-order valence-corrected chi connectivity index (χ4v) is 5.45. The first-order valence-electron chi connectivity index (χ1n) is 11.7. The van der Waals surface area contributed by atoms with E-state index in [4.69, 9.17) is 19.2 Å². The molecule has 2 aliphatic heterocycles. The van der Waals surface area contributed by atoms with Gasteiger partial charge in [-0.05, 0) is 48.4 Å². The number of carbonyl (C=O) groups is 1. The summed E-state index contributed by atoms with van der Waals surface area (Å²) in [6.07, 6.45) is 5.15. The van der Waals surface area contributed by atoms with Gasteiger partial charge in [-0.1, -0.05) is 47.7 Å². The Morgan fingerprint density at radius 3 is 2.68 bits per heavy atom. The van der Waals surface area contributed by atoms with Gasteiger partial charge in [-0.3, -0.25) is 14.3 Å². The number of pyridine rings is 1. The highest BCUT2D eigenvalue weighted by molar-refractivity contribution is 7.07. The first kappa shape index (κ1) is 22.9. The van der Waals surface area contributed by atoms with Crippen molar-refractivity contribution < 1.29 is 19.0 Å². The Kier molecular flexibility index (Phi) is 5.90. The number of thiazole rings is 1. The number of fused-ring (bicyclic) bond motifs is 2. The maximum Gasteiger partial charge on any atom is 0.338 e. The van der Waals surface area contributed by atoms with Crippen LogP contribution in [-0.4, -0.2) is 28.9 Å². The maximum absolute atomic E-state index is 13.8. The number of carbonyl (C=O) groups excluding carboxylic acids is 1. The van der Waals surface area contributed by atoms with Crippen molar-refractivity contribution in [2.75, 3.05) is 13.4 Å². The van der Waals surface area contributed by atoms with Crippen molar-refractivity contribution in [1.29, 1.82) is 0 Å². The van der Waals surface area contributed by atoms with Gasteiger partial charge in [0.15, 0.2) is 16.3 Å². The van der Waals surface area contributed by atoms with Gasteiger partial charge in [0.1, 0.15) is 0 Å². The van der Waals surface area contributed by atoms with E-state index < -0.39 is 12.0 Å². The average molecular weight is 512 g/mol. The fraction of sp³-hybridized carbons (Fsp3) is 0.143. The number of aromatic nitrogens is 2. The SMILES string of the molecule is CCOC(=O)C1=C(c2ccccc2)N=c2sc(=Cc3ccncc3)c(=O)n2[C@H]1c1ccc2c(c1)OCO2. The van der Waals surface area contributed by atoms with Crippen LogP contribution >= 0.6 is 11.3 Å². The van der Waals surface area contributed by atoms with Gasteiger partial charge in [-0.2, -0.15) is 0 Å². The molecule has 2 aromatic carbocycles. The summed E-state index contributed by atoms with van der Waals surface area (Å²) in [5.41, 5.74) is 2.79. The lowest BCUT2D eigenvalue weighted by Crippen LogP contribution is -2.40.